The van der Waals surface area contributed by atoms with Crippen LogP contribution in [0.25, 0.3) is 17.1 Å². The molecule has 1 heterocycles. The molecule has 0 unspecified atom stereocenters. The van der Waals surface area contributed by atoms with Gasteiger partial charge >= 0.3 is 0 Å². The second-order valence-electron chi connectivity index (χ2n) is 4.36. The maximum absolute atomic E-state index is 12.1. The van der Waals surface area contributed by atoms with Gasteiger partial charge in [-0.05, 0) is 29.8 Å². The highest BCUT2D eigenvalue weighted by Crippen LogP contribution is 2.17. The number of benzene rings is 2. The van der Waals surface area contributed by atoms with Crippen molar-refractivity contribution in [2.24, 2.45) is 0 Å². The number of aromatic nitrogens is 2. The fraction of sp³-hybridized carbons (Fsp3) is 0. The number of nitrogens with one attached hydrogen (secondary N) is 1. The third-order valence-electron chi connectivity index (χ3n) is 2.90. The van der Waals surface area contributed by atoms with E-state index in [1.807, 2.05) is 30.3 Å². The molecule has 3 aromatic rings. The van der Waals surface area contributed by atoms with E-state index in [1.54, 1.807) is 24.3 Å². The molecule has 0 aliphatic carbocycles. The van der Waals surface area contributed by atoms with E-state index in [0.29, 0.717) is 10.8 Å². The van der Waals surface area contributed by atoms with Crippen molar-refractivity contribution in [1.29, 1.82) is 0 Å². The van der Waals surface area contributed by atoms with Crippen LogP contribution in [0.1, 0.15) is 16.2 Å². The smallest absolute Gasteiger partial charge is 0.221 e. The van der Waals surface area contributed by atoms with Crippen LogP contribution in [0.15, 0.2) is 54.6 Å². The fourth-order valence-electron chi connectivity index (χ4n) is 1.91. The van der Waals surface area contributed by atoms with E-state index in [2.05, 4.69) is 9.97 Å². The van der Waals surface area contributed by atoms with Gasteiger partial charge in [-0.15, -0.1) is 0 Å². The molecule has 98 valence electrons. The minimum absolute atomic E-state index is 0.166. The minimum atomic E-state index is -0.166. The van der Waals surface area contributed by atoms with Crippen LogP contribution >= 0.6 is 11.6 Å². The number of carbonyl (C=O) groups excluding carboxylic acids is 1. The molecule has 1 N–H and O–H groups in total. The molecule has 0 fully saturated rings. The van der Waals surface area contributed by atoms with Crippen molar-refractivity contribution >= 4 is 34.5 Å². The van der Waals surface area contributed by atoms with Crippen molar-refractivity contribution in [2.45, 2.75) is 0 Å². The zero-order valence-corrected chi connectivity index (χ0v) is 11.3. The molecule has 0 saturated carbocycles. The van der Waals surface area contributed by atoms with Crippen molar-refractivity contribution in [3.8, 4) is 0 Å². The van der Waals surface area contributed by atoms with E-state index >= 15 is 0 Å². The number of ketones is 1. The van der Waals surface area contributed by atoms with Gasteiger partial charge in [-0.2, -0.15) is 0 Å². The number of allylic oxidation sites excluding steroid dienone is 1. The lowest BCUT2D eigenvalue weighted by molar-refractivity contribution is 0.103. The quantitative estimate of drug-likeness (QED) is 0.580. The summed E-state index contributed by atoms with van der Waals surface area (Å²) in [6.07, 6.45) is 3.27. The first kappa shape index (κ1) is 12.6. The van der Waals surface area contributed by atoms with Crippen molar-refractivity contribution < 1.29 is 4.79 Å². The highest BCUT2D eigenvalue weighted by molar-refractivity contribution is 6.31. The molecular weight excluding hydrogens is 272 g/mol. The fourth-order valence-corrected chi connectivity index (χ4v) is 2.09. The average Bonchev–Trinajstić information content (AvgIpc) is 2.89. The number of fused-ring (bicyclic) bond motifs is 1. The Balaban J connectivity index is 1.87. The van der Waals surface area contributed by atoms with Gasteiger partial charge in [0.1, 0.15) is 0 Å². The minimum Gasteiger partial charge on any atom is -0.335 e. The molecular formula is C16H11ClN2O. The predicted octanol–water partition coefficient (Wildman–Crippen LogP) is 4.11. The van der Waals surface area contributed by atoms with Crippen LogP contribution in [0.5, 0.6) is 0 Å². The normalized spacial score (nSPS) is 11.2. The lowest BCUT2D eigenvalue weighted by Gasteiger charge is -1.91. The number of hydrogen-bond acceptors (Lipinski definition) is 2. The molecule has 0 aliphatic heterocycles. The molecule has 20 heavy (non-hydrogen) atoms. The number of halogens is 1. The van der Waals surface area contributed by atoms with Gasteiger partial charge in [0.2, 0.25) is 5.78 Å². The maximum Gasteiger partial charge on any atom is 0.221 e. The monoisotopic (exact) mass is 282 g/mol. The molecule has 0 atom stereocenters. The standard InChI is InChI=1S/C16H11ClN2O/c17-12-7-8-13-14(10-12)19-16(18-13)15(20)9-6-11-4-2-1-3-5-11/h1-10H,(H,18,19). The van der Waals surface area contributed by atoms with Crippen molar-refractivity contribution in [1.82, 2.24) is 9.97 Å². The summed E-state index contributed by atoms with van der Waals surface area (Å²) in [5.74, 6) is 0.149. The Morgan fingerprint density at radius 1 is 1.15 bits per heavy atom. The van der Waals surface area contributed by atoms with Gasteiger partial charge in [-0.1, -0.05) is 48.0 Å². The number of nitrogens with zero attached hydrogens (tertiary/aromatic N) is 1. The van der Waals surface area contributed by atoms with Gasteiger partial charge in [-0.3, -0.25) is 4.79 Å². The molecule has 3 nitrogen and oxygen atoms in total. The van der Waals surface area contributed by atoms with E-state index in [1.165, 1.54) is 6.08 Å². The maximum atomic E-state index is 12.1. The zero-order valence-electron chi connectivity index (χ0n) is 10.5. The molecule has 1 aromatic heterocycles. The van der Waals surface area contributed by atoms with Crippen LogP contribution in [-0.2, 0) is 0 Å². The number of rotatable bonds is 3. The summed E-state index contributed by atoms with van der Waals surface area (Å²) in [6.45, 7) is 0. The van der Waals surface area contributed by atoms with Crippen LogP contribution in [0, 0.1) is 0 Å². The Labute approximate surface area is 120 Å². The summed E-state index contributed by atoms with van der Waals surface area (Å²) < 4.78 is 0. The Hall–Kier alpha value is -2.39. The number of H-pyrrole nitrogens is 1. The van der Waals surface area contributed by atoms with Crippen LogP contribution in [0.2, 0.25) is 5.02 Å². The Morgan fingerprint density at radius 2 is 1.95 bits per heavy atom. The summed E-state index contributed by atoms with van der Waals surface area (Å²) in [7, 11) is 0. The number of carbonyl (C=O) groups is 1. The predicted molar refractivity (Wildman–Crippen MR) is 80.9 cm³/mol. The molecule has 4 heteroatoms. The van der Waals surface area contributed by atoms with Gasteiger partial charge in [-0.25, -0.2) is 4.98 Å². The third kappa shape index (κ3) is 2.63. The first-order chi connectivity index (χ1) is 9.72. The first-order valence-electron chi connectivity index (χ1n) is 6.15. The molecule has 0 radical (unpaired) electrons. The van der Waals surface area contributed by atoms with E-state index in [4.69, 9.17) is 11.6 Å². The number of aromatic amines is 1. The van der Waals surface area contributed by atoms with Crippen LogP contribution in [-0.4, -0.2) is 15.8 Å². The average molecular weight is 283 g/mol. The van der Waals surface area contributed by atoms with Gasteiger partial charge < -0.3 is 4.98 Å². The Kier molecular flexibility index (Phi) is 3.35. The lowest BCUT2D eigenvalue weighted by atomic mass is 10.2. The number of hydrogen-bond donors (Lipinski definition) is 1. The first-order valence-corrected chi connectivity index (χ1v) is 6.53. The summed E-state index contributed by atoms with van der Waals surface area (Å²) in [5.41, 5.74) is 2.46. The lowest BCUT2D eigenvalue weighted by Crippen LogP contribution is -1.96. The molecule has 0 bridgehead atoms. The van der Waals surface area contributed by atoms with Crippen molar-refractivity contribution in [3.05, 3.63) is 71.0 Å². The van der Waals surface area contributed by atoms with E-state index in [9.17, 15) is 4.79 Å². The van der Waals surface area contributed by atoms with Crippen molar-refractivity contribution in [2.75, 3.05) is 0 Å². The summed E-state index contributed by atoms with van der Waals surface area (Å²) in [6, 6.07) is 14.9. The van der Waals surface area contributed by atoms with Crippen molar-refractivity contribution in [3.63, 3.8) is 0 Å². The van der Waals surface area contributed by atoms with Gasteiger partial charge in [0.25, 0.3) is 0 Å². The molecule has 0 spiro atoms. The summed E-state index contributed by atoms with van der Waals surface area (Å²) in [4.78, 5) is 19.3. The topological polar surface area (TPSA) is 45.8 Å². The van der Waals surface area contributed by atoms with E-state index in [-0.39, 0.29) is 5.78 Å². The SMILES string of the molecule is O=C(C=Cc1ccccc1)c1nc2ccc(Cl)cc2[nH]1. The van der Waals surface area contributed by atoms with E-state index < -0.39 is 0 Å². The second-order valence-corrected chi connectivity index (χ2v) is 4.79. The van der Waals surface area contributed by atoms with Crippen LogP contribution in [0.3, 0.4) is 0 Å². The molecule has 2 aromatic carbocycles. The molecule has 0 amide bonds. The third-order valence-corrected chi connectivity index (χ3v) is 3.14. The summed E-state index contributed by atoms with van der Waals surface area (Å²) in [5, 5.41) is 0.611. The van der Waals surface area contributed by atoms with Gasteiger partial charge in [0.05, 0.1) is 11.0 Å². The van der Waals surface area contributed by atoms with Gasteiger partial charge in [0, 0.05) is 5.02 Å². The van der Waals surface area contributed by atoms with E-state index in [0.717, 1.165) is 16.6 Å². The van der Waals surface area contributed by atoms with Gasteiger partial charge in [0.15, 0.2) is 5.82 Å². The highest BCUT2D eigenvalue weighted by Gasteiger charge is 2.08. The molecule has 3 rings (SSSR count). The molecule has 0 aliphatic rings. The Bertz CT molecular complexity index is 791. The molecule has 0 saturated heterocycles. The Morgan fingerprint density at radius 3 is 2.75 bits per heavy atom. The van der Waals surface area contributed by atoms with Crippen LogP contribution < -0.4 is 0 Å². The van der Waals surface area contributed by atoms with Crippen LogP contribution in [0.4, 0.5) is 0 Å². The zero-order chi connectivity index (χ0) is 13.9. The second kappa shape index (κ2) is 5.31. The largest absolute Gasteiger partial charge is 0.335 e. The summed E-state index contributed by atoms with van der Waals surface area (Å²) >= 11 is 5.90. The highest BCUT2D eigenvalue weighted by atomic mass is 35.5. The number of imidazole rings is 1.